The molecule has 0 aliphatic carbocycles. The molecule has 0 saturated carbocycles. The molecule has 6 heteroatoms. The van der Waals surface area contributed by atoms with E-state index in [1.54, 1.807) is 6.21 Å². The molecule has 0 unspecified atom stereocenters. The molecular weight excluding hydrogens is 272 g/mol. The average molecular weight is 288 g/mol. The van der Waals surface area contributed by atoms with E-state index in [1.807, 2.05) is 61.5 Å². The van der Waals surface area contributed by atoms with Gasteiger partial charge in [-0.05, 0) is 30.4 Å². The second-order valence-corrected chi connectivity index (χ2v) is 4.67. The summed E-state index contributed by atoms with van der Waals surface area (Å²) in [4.78, 5) is 1.88. The molecular formula is C14H16N4OS. The van der Waals surface area contributed by atoms with Crippen LogP contribution in [0.5, 0.6) is 0 Å². The summed E-state index contributed by atoms with van der Waals surface area (Å²) < 4.78 is 5.52. The van der Waals surface area contributed by atoms with Crippen LogP contribution in [-0.2, 0) is 0 Å². The molecule has 20 heavy (non-hydrogen) atoms. The van der Waals surface area contributed by atoms with Crippen molar-refractivity contribution in [1.82, 2.24) is 5.43 Å². The fourth-order valence-electron chi connectivity index (χ4n) is 1.49. The van der Waals surface area contributed by atoms with Crippen LogP contribution in [0.25, 0.3) is 0 Å². The Hall–Kier alpha value is -2.34. The van der Waals surface area contributed by atoms with Crippen LogP contribution in [0, 0.1) is 0 Å². The van der Waals surface area contributed by atoms with E-state index in [2.05, 4.69) is 15.8 Å². The zero-order chi connectivity index (χ0) is 14.4. The fourth-order valence-corrected chi connectivity index (χ4v) is 1.66. The fraction of sp³-hybridized carbons (Fsp3) is 0.143. The molecule has 0 amide bonds. The van der Waals surface area contributed by atoms with Crippen LogP contribution in [0.2, 0.25) is 0 Å². The number of rotatable bonds is 4. The molecule has 5 nitrogen and oxygen atoms in total. The highest BCUT2D eigenvalue weighted by Crippen LogP contribution is 2.14. The third-order valence-electron chi connectivity index (χ3n) is 2.44. The van der Waals surface area contributed by atoms with E-state index in [9.17, 15) is 0 Å². The molecule has 0 radical (unpaired) electrons. The van der Waals surface area contributed by atoms with Crippen LogP contribution in [0.4, 0.5) is 11.6 Å². The van der Waals surface area contributed by atoms with Gasteiger partial charge in [0, 0.05) is 25.8 Å². The molecule has 104 valence electrons. The Morgan fingerprint density at radius 2 is 1.95 bits per heavy atom. The van der Waals surface area contributed by atoms with Gasteiger partial charge in [0.1, 0.15) is 5.76 Å². The Morgan fingerprint density at radius 1 is 1.20 bits per heavy atom. The summed E-state index contributed by atoms with van der Waals surface area (Å²) in [6.45, 7) is 0. The molecule has 2 rings (SSSR count). The molecule has 0 saturated heterocycles. The van der Waals surface area contributed by atoms with Gasteiger partial charge in [-0.2, -0.15) is 5.10 Å². The third-order valence-corrected chi connectivity index (χ3v) is 2.64. The van der Waals surface area contributed by atoms with Crippen molar-refractivity contribution >= 4 is 35.1 Å². The summed E-state index contributed by atoms with van der Waals surface area (Å²) >= 11 is 5.12. The van der Waals surface area contributed by atoms with E-state index >= 15 is 0 Å². The standard InChI is InChI=1S/C14H16N4OS/c1-18(2)13-9-8-12(19-13)10-15-17-14(20)16-11-6-4-3-5-7-11/h3-10H,1-2H3,(H2,16,17,20)/b15-10+. The molecule has 0 fully saturated rings. The van der Waals surface area contributed by atoms with Crippen LogP contribution < -0.4 is 15.6 Å². The molecule has 0 atom stereocenters. The summed E-state index contributed by atoms with van der Waals surface area (Å²) in [6.07, 6.45) is 1.58. The Bertz CT molecular complexity index is 592. The third kappa shape index (κ3) is 4.10. The normalized spacial score (nSPS) is 10.5. The molecule has 0 aliphatic rings. The van der Waals surface area contributed by atoms with Crippen LogP contribution in [0.1, 0.15) is 5.76 Å². The summed E-state index contributed by atoms with van der Waals surface area (Å²) in [5.41, 5.74) is 3.64. The summed E-state index contributed by atoms with van der Waals surface area (Å²) in [5.74, 6) is 1.43. The topological polar surface area (TPSA) is 52.8 Å². The highest BCUT2D eigenvalue weighted by Gasteiger charge is 2.01. The first-order valence-electron chi connectivity index (χ1n) is 6.07. The van der Waals surface area contributed by atoms with Crippen molar-refractivity contribution in [2.75, 3.05) is 24.3 Å². The number of furan rings is 1. The minimum Gasteiger partial charge on any atom is -0.440 e. The number of anilines is 2. The lowest BCUT2D eigenvalue weighted by Crippen LogP contribution is -2.23. The predicted octanol–water partition coefficient (Wildman–Crippen LogP) is 2.67. The number of benzene rings is 1. The molecule has 0 aliphatic heterocycles. The zero-order valence-electron chi connectivity index (χ0n) is 11.3. The van der Waals surface area contributed by atoms with Crippen molar-refractivity contribution in [3.8, 4) is 0 Å². The Morgan fingerprint density at radius 3 is 2.60 bits per heavy atom. The maximum Gasteiger partial charge on any atom is 0.195 e. The van der Waals surface area contributed by atoms with Crippen molar-refractivity contribution in [1.29, 1.82) is 0 Å². The summed E-state index contributed by atoms with van der Waals surface area (Å²) in [6, 6.07) is 13.4. The molecule has 2 N–H and O–H groups in total. The minimum absolute atomic E-state index is 0.423. The Balaban J connectivity index is 1.84. The smallest absolute Gasteiger partial charge is 0.195 e. The van der Waals surface area contributed by atoms with E-state index in [-0.39, 0.29) is 0 Å². The van der Waals surface area contributed by atoms with Crippen molar-refractivity contribution < 1.29 is 4.42 Å². The maximum atomic E-state index is 5.52. The summed E-state index contributed by atoms with van der Waals surface area (Å²) in [5, 5.41) is 7.46. The lowest BCUT2D eigenvalue weighted by atomic mass is 10.3. The predicted molar refractivity (Wildman–Crippen MR) is 86.4 cm³/mol. The summed E-state index contributed by atoms with van der Waals surface area (Å²) in [7, 11) is 3.83. The van der Waals surface area contributed by atoms with Gasteiger partial charge in [0.2, 0.25) is 0 Å². The van der Waals surface area contributed by atoms with Gasteiger partial charge in [-0.3, -0.25) is 5.43 Å². The van der Waals surface area contributed by atoms with Gasteiger partial charge in [-0.15, -0.1) is 0 Å². The Kier molecular flexibility index (Phi) is 4.73. The minimum atomic E-state index is 0.423. The van der Waals surface area contributed by atoms with Gasteiger partial charge in [-0.1, -0.05) is 18.2 Å². The largest absolute Gasteiger partial charge is 0.440 e. The van der Waals surface area contributed by atoms with Gasteiger partial charge in [0.15, 0.2) is 11.0 Å². The zero-order valence-corrected chi connectivity index (χ0v) is 12.1. The first-order chi connectivity index (χ1) is 9.65. The Labute approximate surface area is 123 Å². The van der Waals surface area contributed by atoms with Crippen LogP contribution in [-0.4, -0.2) is 25.4 Å². The number of nitrogens with one attached hydrogen (secondary N) is 2. The first-order valence-corrected chi connectivity index (χ1v) is 6.48. The SMILES string of the molecule is CN(C)c1ccc(/C=N/NC(=S)Nc2ccccc2)o1. The molecule has 1 heterocycles. The van der Waals surface area contributed by atoms with E-state index < -0.39 is 0 Å². The number of hydrazone groups is 1. The van der Waals surface area contributed by atoms with E-state index in [0.717, 1.165) is 11.6 Å². The van der Waals surface area contributed by atoms with Gasteiger partial charge in [0.25, 0.3) is 0 Å². The lowest BCUT2D eigenvalue weighted by Gasteiger charge is -2.06. The monoisotopic (exact) mass is 288 g/mol. The molecule has 0 bridgehead atoms. The van der Waals surface area contributed by atoms with E-state index in [0.29, 0.717) is 10.9 Å². The highest BCUT2D eigenvalue weighted by molar-refractivity contribution is 7.80. The average Bonchev–Trinajstić information content (AvgIpc) is 2.89. The molecule has 0 spiro atoms. The molecule has 1 aromatic heterocycles. The maximum absolute atomic E-state index is 5.52. The van der Waals surface area contributed by atoms with Crippen molar-refractivity contribution in [3.63, 3.8) is 0 Å². The number of hydrogen-bond donors (Lipinski definition) is 2. The highest BCUT2D eigenvalue weighted by atomic mass is 32.1. The number of para-hydroxylation sites is 1. The van der Waals surface area contributed by atoms with Crippen molar-refractivity contribution in [2.45, 2.75) is 0 Å². The van der Waals surface area contributed by atoms with E-state index in [1.165, 1.54) is 0 Å². The van der Waals surface area contributed by atoms with Crippen molar-refractivity contribution in [3.05, 3.63) is 48.2 Å². The second-order valence-electron chi connectivity index (χ2n) is 4.26. The lowest BCUT2D eigenvalue weighted by molar-refractivity contribution is 0.558. The molecule has 1 aromatic carbocycles. The van der Waals surface area contributed by atoms with Gasteiger partial charge < -0.3 is 14.6 Å². The first kappa shape index (κ1) is 14.1. The van der Waals surface area contributed by atoms with E-state index in [4.69, 9.17) is 16.6 Å². The number of nitrogens with zero attached hydrogens (tertiary/aromatic N) is 2. The van der Waals surface area contributed by atoms with Crippen molar-refractivity contribution in [2.24, 2.45) is 5.10 Å². The van der Waals surface area contributed by atoms with Crippen LogP contribution >= 0.6 is 12.2 Å². The number of hydrogen-bond acceptors (Lipinski definition) is 4. The second kappa shape index (κ2) is 6.72. The van der Waals surface area contributed by atoms with Crippen LogP contribution in [0.3, 0.4) is 0 Å². The van der Waals surface area contributed by atoms with Gasteiger partial charge in [-0.25, -0.2) is 0 Å². The van der Waals surface area contributed by atoms with Crippen LogP contribution in [0.15, 0.2) is 52.0 Å². The number of thiocarbonyl (C=S) groups is 1. The molecule has 2 aromatic rings. The quantitative estimate of drug-likeness (QED) is 0.514. The van der Waals surface area contributed by atoms with Gasteiger partial charge in [0.05, 0.1) is 6.21 Å². The van der Waals surface area contributed by atoms with Gasteiger partial charge >= 0.3 is 0 Å².